The van der Waals surface area contributed by atoms with Gasteiger partial charge in [0.1, 0.15) is 11.9 Å². The Bertz CT molecular complexity index is 1900. The molecule has 42 heavy (non-hydrogen) atoms. The maximum absolute atomic E-state index is 12.9. The predicted octanol–water partition coefficient (Wildman–Crippen LogP) is 3.22. The third-order valence-electron chi connectivity index (χ3n) is 6.72. The van der Waals surface area contributed by atoms with Gasteiger partial charge in [-0.1, -0.05) is 18.2 Å². The van der Waals surface area contributed by atoms with Gasteiger partial charge in [-0.05, 0) is 29.8 Å². The van der Waals surface area contributed by atoms with Crippen LogP contribution in [0.5, 0.6) is 5.75 Å². The van der Waals surface area contributed by atoms with Crippen molar-refractivity contribution < 1.29 is 34.2 Å². The number of rotatable bonds is 7. The van der Waals surface area contributed by atoms with Crippen LogP contribution in [0.2, 0.25) is 0 Å². The number of piperazine rings is 1. The fourth-order valence-electron chi connectivity index (χ4n) is 4.72. The van der Waals surface area contributed by atoms with E-state index in [1.165, 1.54) is 18.6 Å². The van der Waals surface area contributed by atoms with Gasteiger partial charge in [0.05, 0.1) is 28.4 Å². The zero-order chi connectivity index (χ0) is 30.3. The summed E-state index contributed by atoms with van der Waals surface area (Å²) in [5, 5.41) is 13.5. The number of nitriles is 1. The highest BCUT2D eigenvalue weighted by Gasteiger charge is 2.48. The van der Waals surface area contributed by atoms with Crippen molar-refractivity contribution in [3.05, 3.63) is 72.2 Å². The molecule has 1 aliphatic rings. The molecule has 0 radical (unpaired) electrons. The summed E-state index contributed by atoms with van der Waals surface area (Å²) in [6, 6.07) is 13.3. The van der Waals surface area contributed by atoms with Crippen LogP contribution in [-0.4, -0.2) is 74.3 Å². The van der Waals surface area contributed by atoms with E-state index in [9.17, 15) is 35.3 Å². The molecule has 1 aromatic carbocycles. The predicted molar refractivity (Wildman–Crippen MR) is 146 cm³/mol. The summed E-state index contributed by atoms with van der Waals surface area (Å²) in [6.45, 7) is 3.00. The quantitative estimate of drug-likeness (QED) is 0.224. The average molecular weight is 621 g/mol. The van der Waals surface area contributed by atoms with Gasteiger partial charge in [-0.3, -0.25) is 4.90 Å². The molecule has 3 aromatic heterocycles. The van der Waals surface area contributed by atoms with Crippen molar-refractivity contribution in [3.63, 3.8) is 0 Å². The number of benzene rings is 1. The first-order chi connectivity index (χ1) is 19.8. The van der Waals surface area contributed by atoms with Gasteiger partial charge in [-0.2, -0.15) is 31.9 Å². The van der Waals surface area contributed by atoms with Gasteiger partial charge in [-0.15, -0.1) is 0 Å². The standard InChI is InChI=1S/C26H23F3N6O5S2/c1-41(36,37)23-5-3-2-4-19(23)16-33-8-10-34(11-9-33)24-7-6-18(14-31-24)22-12-21(40-42(38,39)26(27,28)29)17-35-25(22)20(13-30)15-32-35/h2-7,12,14-15,17H,8-11,16H2,1H3. The van der Waals surface area contributed by atoms with Crippen molar-refractivity contribution in [1.82, 2.24) is 19.5 Å². The van der Waals surface area contributed by atoms with E-state index in [2.05, 4.69) is 19.2 Å². The Morgan fingerprint density at radius 2 is 1.74 bits per heavy atom. The van der Waals surface area contributed by atoms with Crippen LogP contribution in [0.4, 0.5) is 19.0 Å². The molecule has 0 bridgehead atoms. The van der Waals surface area contributed by atoms with E-state index in [0.717, 1.165) is 22.3 Å². The van der Waals surface area contributed by atoms with Gasteiger partial charge in [0.2, 0.25) is 0 Å². The lowest BCUT2D eigenvalue weighted by molar-refractivity contribution is -0.0500. The number of nitrogens with zero attached hydrogens (tertiary/aromatic N) is 6. The van der Waals surface area contributed by atoms with Gasteiger partial charge in [0.15, 0.2) is 15.6 Å². The van der Waals surface area contributed by atoms with Crippen LogP contribution < -0.4 is 9.08 Å². The Morgan fingerprint density at radius 3 is 2.36 bits per heavy atom. The number of hydrogen-bond donors (Lipinski definition) is 0. The number of anilines is 1. The second-order valence-corrected chi connectivity index (χ2v) is 13.1. The highest BCUT2D eigenvalue weighted by molar-refractivity contribution is 7.90. The number of hydrogen-bond acceptors (Lipinski definition) is 10. The number of fused-ring (bicyclic) bond motifs is 1. The van der Waals surface area contributed by atoms with Crippen LogP contribution in [0.25, 0.3) is 16.6 Å². The first-order valence-corrected chi connectivity index (χ1v) is 15.7. The number of alkyl halides is 3. The summed E-state index contributed by atoms with van der Waals surface area (Å²) < 4.78 is 91.6. The van der Waals surface area contributed by atoms with Crippen LogP contribution in [0.15, 0.2) is 66.0 Å². The summed E-state index contributed by atoms with van der Waals surface area (Å²) in [5.74, 6) is -0.00733. The Balaban J connectivity index is 1.36. The third-order valence-corrected chi connectivity index (χ3v) is 8.89. The molecule has 1 aliphatic heterocycles. The molecule has 220 valence electrons. The minimum Gasteiger partial charge on any atom is -0.374 e. The summed E-state index contributed by atoms with van der Waals surface area (Å²) in [4.78, 5) is 8.99. The van der Waals surface area contributed by atoms with Gasteiger partial charge in [-0.25, -0.2) is 17.9 Å². The smallest absolute Gasteiger partial charge is 0.374 e. The molecule has 4 heterocycles. The molecule has 0 N–H and O–H groups in total. The molecule has 0 saturated carbocycles. The molecule has 0 unspecified atom stereocenters. The highest BCUT2D eigenvalue weighted by Crippen LogP contribution is 2.34. The molecule has 5 rings (SSSR count). The highest BCUT2D eigenvalue weighted by atomic mass is 32.2. The molecular formula is C26H23F3N6O5S2. The van der Waals surface area contributed by atoms with E-state index >= 15 is 0 Å². The number of aromatic nitrogens is 3. The monoisotopic (exact) mass is 620 g/mol. The van der Waals surface area contributed by atoms with E-state index in [4.69, 9.17) is 0 Å². The number of halogens is 3. The fourth-order valence-corrected chi connectivity index (χ4v) is 6.10. The molecular weight excluding hydrogens is 597 g/mol. The molecule has 0 amide bonds. The SMILES string of the molecule is CS(=O)(=O)c1ccccc1CN1CCN(c2ccc(-c3cc(OS(=O)(=O)C(F)(F)F)cn4ncc(C#N)c34)cn2)CC1. The van der Waals surface area contributed by atoms with Crippen LogP contribution >= 0.6 is 0 Å². The van der Waals surface area contributed by atoms with E-state index in [1.807, 2.05) is 11.0 Å². The third kappa shape index (κ3) is 5.89. The largest absolute Gasteiger partial charge is 0.534 e. The summed E-state index contributed by atoms with van der Waals surface area (Å²) in [5.41, 5.74) is -3.94. The molecule has 16 heteroatoms. The molecule has 0 aliphatic carbocycles. The average Bonchev–Trinajstić information content (AvgIpc) is 3.35. The molecule has 1 saturated heterocycles. The zero-order valence-electron chi connectivity index (χ0n) is 22.0. The van der Waals surface area contributed by atoms with E-state index in [0.29, 0.717) is 49.0 Å². The maximum Gasteiger partial charge on any atom is 0.534 e. The first kappa shape index (κ1) is 29.3. The Morgan fingerprint density at radius 1 is 1.02 bits per heavy atom. The van der Waals surface area contributed by atoms with Crippen molar-refractivity contribution in [1.29, 1.82) is 5.26 Å². The van der Waals surface area contributed by atoms with Crippen molar-refractivity contribution in [2.75, 3.05) is 37.3 Å². The lowest BCUT2D eigenvalue weighted by Gasteiger charge is -2.35. The Hall–Kier alpha value is -4.20. The molecule has 1 fully saturated rings. The minimum atomic E-state index is -5.93. The Kier molecular flexibility index (Phi) is 7.60. The number of sulfone groups is 1. The van der Waals surface area contributed by atoms with E-state index in [-0.39, 0.29) is 16.6 Å². The lowest BCUT2D eigenvalue weighted by Crippen LogP contribution is -2.46. The lowest BCUT2D eigenvalue weighted by atomic mass is 10.1. The van der Waals surface area contributed by atoms with E-state index < -0.39 is 31.2 Å². The second kappa shape index (κ2) is 10.9. The van der Waals surface area contributed by atoms with Gasteiger partial charge in [0, 0.05) is 56.3 Å². The van der Waals surface area contributed by atoms with E-state index in [1.54, 1.807) is 36.4 Å². The van der Waals surface area contributed by atoms with Gasteiger partial charge < -0.3 is 9.08 Å². The van der Waals surface area contributed by atoms with Crippen molar-refractivity contribution in [2.45, 2.75) is 16.9 Å². The molecule has 0 spiro atoms. The summed E-state index contributed by atoms with van der Waals surface area (Å²) in [7, 11) is -9.29. The fraction of sp³-hybridized carbons (Fsp3) is 0.269. The van der Waals surface area contributed by atoms with Crippen LogP contribution in [0.1, 0.15) is 11.1 Å². The Labute approximate surface area is 239 Å². The normalized spacial score (nSPS) is 15.1. The van der Waals surface area contributed by atoms with Crippen LogP contribution in [-0.2, 0) is 26.5 Å². The maximum atomic E-state index is 12.9. The van der Waals surface area contributed by atoms with Gasteiger partial charge in [0.25, 0.3) is 0 Å². The van der Waals surface area contributed by atoms with Crippen molar-refractivity contribution in [3.8, 4) is 22.9 Å². The second-order valence-electron chi connectivity index (χ2n) is 9.58. The first-order valence-electron chi connectivity index (χ1n) is 12.4. The molecule has 0 atom stereocenters. The molecule has 4 aromatic rings. The van der Waals surface area contributed by atoms with Crippen molar-refractivity contribution in [2.24, 2.45) is 0 Å². The van der Waals surface area contributed by atoms with Crippen molar-refractivity contribution >= 4 is 31.3 Å². The summed E-state index contributed by atoms with van der Waals surface area (Å²) >= 11 is 0. The minimum absolute atomic E-state index is 0.118. The van der Waals surface area contributed by atoms with Gasteiger partial charge >= 0.3 is 15.6 Å². The summed E-state index contributed by atoms with van der Waals surface area (Å²) in [6.07, 6.45) is 4.80. The van der Waals surface area contributed by atoms with Crippen LogP contribution in [0.3, 0.4) is 0 Å². The zero-order valence-corrected chi connectivity index (χ0v) is 23.6. The number of pyridine rings is 2. The molecule has 11 nitrogen and oxygen atoms in total. The van der Waals surface area contributed by atoms with Crippen LogP contribution in [0, 0.1) is 11.3 Å². The topological polar surface area (TPSA) is 138 Å².